The average Bonchev–Trinajstić information content (AvgIpc) is 2.84. The van der Waals surface area contributed by atoms with Crippen LogP contribution >= 0.6 is 0 Å². The summed E-state index contributed by atoms with van der Waals surface area (Å²) >= 11 is 0. The molecule has 0 bridgehead atoms. The normalized spacial score (nSPS) is 21.7. The second-order valence-corrected chi connectivity index (χ2v) is 10.9. The second-order valence-electron chi connectivity index (χ2n) is 8.99. The van der Waals surface area contributed by atoms with E-state index in [4.69, 9.17) is 4.74 Å². The van der Waals surface area contributed by atoms with Gasteiger partial charge in [0.15, 0.2) is 0 Å². The third-order valence-electron chi connectivity index (χ3n) is 6.85. The molecular weight excluding hydrogens is 424 g/mol. The van der Waals surface area contributed by atoms with Gasteiger partial charge in [-0.3, -0.25) is 4.79 Å². The molecule has 4 rings (SSSR count). The SMILES string of the molecule is Cc1ccc(S(=O)(=O)N2CCC[C@H](C(=O)NCC3(c4ccccc4)CCOCC3)C2)cc1. The molecule has 0 aliphatic carbocycles. The van der Waals surface area contributed by atoms with Gasteiger partial charge in [0.2, 0.25) is 15.9 Å². The Balaban J connectivity index is 1.43. The van der Waals surface area contributed by atoms with E-state index in [1.807, 2.05) is 25.1 Å². The van der Waals surface area contributed by atoms with Crippen molar-refractivity contribution in [3.63, 3.8) is 0 Å². The van der Waals surface area contributed by atoms with Crippen molar-refractivity contribution in [1.29, 1.82) is 0 Å². The Morgan fingerprint density at radius 1 is 1.09 bits per heavy atom. The molecule has 0 aromatic heterocycles. The first-order valence-electron chi connectivity index (χ1n) is 11.4. The molecule has 172 valence electrons. The predicted octanol–water partition coefficient (Wildman–Crippen LogP) is 3.26. The number of ether oxygens (including phenoxy) is 1. The van der Waals surface area contributed by atoms with E-state index < -0.39 is 10.0 Å². The molecule has 0 spiro atoms. The van der Waals surface area contributed by atoms with Gasteiger partial charge in [0.25, 0.3) is 0 Å². The van der Waals surface area contributed by atoms with Crippen molar-refractivity contribution >= 4 is 15.9 Å². The molecule has 32 heavy (non-hydrogen) atoms. The molecule has 2 aromatic carbocycles. The number of sulfonamides is 1. The summed E-state index contributed by atoms with van der Waals surface area (Å²) in [6, 6.07) is 17.2. The van der Waals surface area contributed by atoms with Crippen LogP contribution in [0.3, 0.4) is 0 Å². The zero-order valence-corrected chi connectivity index (χ0v) is 19.4. The van der Waals surface area contributed by atoms with E-state index in [1.165, 1.54) is 9.87 Å². The lowest BCUT2D eigenvalue weighted by atomic mass is 9.74. The van der Waals surface area contributed by atoms with Crippen LogP contribution in [-0.4, -0.2) is 51.5 Å². The van der Waals surface area contributed by atoms with Crippen molar-refractivity contribution in [3.8, 4) is 0 Å². The van der Waals surface area contributed by atoms with Crippen LogP contribution in [-0.2, 0) is 25.0 Å². The van der Waals surface area contributed by atoms with Gasteiger partial charge in [-0.05, 0) is 50.3 Å². The Morgan fingerprint density at radius 3 is 2.47 bits per heavy atom. The lowest BCUT2D eigenvalue weighted by Gasteiger charge is -2.38. The smallest absolute Gasteiger partial charge is 0.243 e. The molecule has 1 amide bonds. The minimum absolute atomic E-state index is 0.0596. The third-order valence-corrected chi connectivity index (χ3v) is 8.73. The lowest BCUT2D eigenvalue weighted by molar-refractivity contribution is -0.126. The largest absolute Gasteiger partial charge is 0.381 e. The third kappa shape index (κ3) is 4.90. The first-order valence-corrected chi connectivity index (χ1v) is 12.8. The van der Waals surface area contributed by atoms with Crippen LogP contribution in [0, 0.1) is 12.8 Å². The fourth-order valence-corrected chi connectivity index (χ4v) is 6.28. The fourth-order valence-electron chi connectivity index (χ4n) is 4.76. The minimum Gasteiger partial charge on any atom is -0.381 e. The highest BCUT2D eigenvalue weighted by Crippen LogP contribution is 2.34. The number of nitrogens with zero attached hydrogens (tertiary/aromatic N) is 1. The summed E-state index contributed by atoms with van der Waals surface area (Å²) in [6.07, 6.45) is 3.10. The number of carbonyl (C=O) groups excluding carboxylic acids is 1. The van der Waals surface area contributed by atoms with Crippen LogP contribution < -0.4 is 5.32 Å². The fraction of sp³-hybridized carbons (Fsp3) is 0.480. The van der Waals surface area contributed by atoms with Gasteiger partial charge in [-0.2, -0.15) is 4.31 Å². The summed E-state index contributed by atoms with van der Waals surface area (Å²) in [5.74, 6) is -0.396. The van der Waals surface area contributed by atoms with Crippen LogP contribution in [0.2, 0.25) is 0 Å². The van der Waals surface area contributed by atoms with Crippen LogP contribution in [0.4, 0.5) is 0 Å². The van der Waals surface area contributed by atoms with Gasteiger partial charge in [-0.25, -0.2) is 8.42 Å². The van der Waals surface area contributed by atoms with Gasteiger partial charge in [-0.1, -0.05) is 48.0 Å². The number of aryl methyl sites for hydroxylation is 1. The number of nitrogens with one attached hydrogen (secondary N) is 1. The number of hydrogen-bond donors (Lipinski definition) is 1. The Morgan fingerprint density at radius 2 is 1.78 bits per heavy atom. The van der Waals surface area contributed by atoms with E-state index in [9.17, 15) is 13.2 Å². The monoisotopic (exact) mass is 456 g/mol. The Hall–Kier alpha value is -2.22. The quantitative estimate of drug-likeness (QED) is 0.724. The maximum Gasteiger partial charge on any atom is 0.243 e. The van der Waals surface area contributed by atoms with Gasteiger partial charge >= 0.3 is 0 Å². The molecule has 0 radical (unpaired) electrons. The second kappa shape index (κ2) is 9.73. The Labute approximate surface area is 191 Å². The van der Waals surface area contributed by atoms with Gasteiger partial charge in [-0.15, -0.1) is 0 Å². The van der Waals surface area contributed by atoms with Crippen molar-refractivity contribution in [2.45, 2.75) is 42.9 Å². The topological polar surface area (TPSA) is 75.7 Å². The standard InChI is InChI=1S/C25H32N2O4S/c1-20-9-11-23(12-10-20)32(29,30)27-15-5-6-21(18-27)24(28)26-19-25(13-16-31-17-14-25)22-7-3-2-4-8-22/h2-4,7-12,21H,5-6,13-19H2,1H3,(H,26,28)/t21-/m0/s1. The van der Waals surface area contributed by atoms with Crippen molar-refractivity contribution in [3.05, 3.63) is 65.7 Å². The average molecular weight is 457 g/mol. The van der Waals surface area contributed by atoms with Crippen LogP contribution in [0.5, 0.6) is 0 Å². The van der Waals surface area contributed by atoms with E-state index in [1.54, 1.807) is 24.3 Å². The van der Waals surface area contributed by atoms with Gasteiger partial charge in [0.05, 0.1) is 10.8 Å². The number of amides is 1. The van der Waals surface area contributed by atoms with Crippen molar-refractivity contribution in [2.75, 3.05) is 32.8 Å². The lowest BCUT2D eigenvalue weighted by Crippen LogP contribution is -2.49. The zero-order chi connectivity index (χ0) is 22.6. The highest BCUT2D eigenvalue weighted by atomic mass is 32.2. The number of benzene rings is 2. The molecule has 7 heteroatoms. The highest BCUT2D eigenvalue weighted by Gasteiger charge is 2.37. The molecular formula is C25H32N2O4S. The van der Waals surface area contributed by atoms with E-state index in [2.05, 4.69) is 17.4 Å². The van der Waals surface area contributed by atoms with E-state index in [-0.39, 0.29) is 28.7 Å². The van der Waals surface area contributed by atoms with E-state index in [0.717, 1.165) is 18.4 Å². The summed E-state index contributed by atoms with van der Waals surface area (Å²) in [5.41, 5.74) is 2.09. The molecule has 6 nitrogen and oxygen atoms in total. The zero-order valence-electron chi connectivity index (χ0n) is 18.6. The molecule has 0 saturated carbocycles. The Kier molecular flexibility index (Phi) is 6.98. The molecule has 1 atom stereocenters. The van der Waals surface area contributed by atoms with Crippen molar-refractivity contribution < 1.29 is 17.9 Å². The van der Waals surface area contributed by atoms with E-state index >= 15 is 0 Å². The van der Waals surface area contributed by atoms with Gasteiger partial charge < -0.3 is 10.1 Å². The van der Waals surface area contributed by atoms with E-state index in [0.29, 0.717) is 39.1 Å². The summed E-state index contributed by atoms with van der Waals surface area (Å²) < 4.78 is 33.2. The maximum atomic E-state index is 13.1. The van der Waals surface area contributed by atoms with Crippen LogP contribution in [0.15, 0.2) is 59.5 Å². The molecule has 1 N–H and O–H groups in total. The number of piperidine rings is 1. The number of hydrogen-bond acceptors (Lipinski definition) is 4. The Bertz CT molecular complexity index is 1020. The highest BCUT2D eigenvalue weighted by molar-refractivity contribution is 7.89. The minimum atomic E-state index is -3.60. The summed E-state index contributed by atoms with van der Waals surface area (Å²) in [6.45, 7) is 4.50. The molecule has 2 fully saturated rings. The van der Waals surface area contributed by atoms with Gasteiger partial charge in [0, 0.05) is 38.3 Å². The van der Waals surface area contributed by atoms with Crippen LogP contribution in [0.25, 0.3) is 0 Å². The molecule has 2 heterocycles. The molecule has 2 aromatic rings. The van der Waals surface area contributed by atoms with Crippen LogP contribution in [0.1, 0.15) is 36.8 Å². The van der Waals surface area contributed by atoms with Crippen molar-refractivity contribution in [2.24, 2.45) is 5.92 Å². The molecule has 2 saturated heterocycles. The number of rotatable bonds is 6. The molecule has 2 aliphatic rings. The summed E-state index contributed by atoms with van der Waals surface area (Å²) in [7, 11) is -3.60. The molecule has 0 unspecified atom stereocenters. The number of carbonyl (C=O) groups is 1. The first kappa shape index (κ1) is 23.0. The summed E-state index contributed by atoms with van der Waals surface area (Å²) in [5, 5.41) is 3.16. The maximum absolute atomic E-state index is 13.1. The summed E-state index contributed by atoms with van der Waals surface area (Å²) in [4.78, 5) is 13.4. The van der Waals surface area contributed by atoms with Gasteiger partial charge in [0.1, 0.15) is 0 Å². The predicted molar refractivity (Wildman–Crippen MR) is 124 cm³/mol. The molecule has 2 aliphatic heterocycles. The first-order chi connectivity index (χ1) is 15.4. The van der Waals surface area contributed by atoms with Crippen molar-refractivity contribution in [1.82, 2.24) is 9.62 Å².